The van der Waals surface area contributed by atoms with E-state index in [1.807, 2.05) is 30.3 Å². The van der Waals surface area contributed by atoms with Gasteiger partial charge in [-0.05, 0) is 74.2 Å². The molecule has 1 fully saturated rings. The van der Waals surface area contributed by atoms with Crippen LogP contribution in [0.25, 0.3) is 11.4 Å². The molecule has 1 aliphatic rings. The van der Waals surface area contributed by atoms with Crippen molar-refractivity contribution >= 4 is 35.0 Å². The number of nitrogens with zero attached hydrogens (tertiary/aromatic N) is 2. The molecule has 1 aromatic heterocycles. The molecule has 0 aliphatic heterocycles. The highest BCUT2D eigenvalue weighted by Gasteiger charge is 2.29. The van der Waals surface area contributed by atoms with Crippen LogP contribution in [-0.2, 0) is 4.79 Å². The fourth-order valence-corrected chi connectivity index (χ4v) is 4.55. The number of urea groups is 1. The second kappa shape index (κ2) is 11.4. The average Bonchev–Trinajstić information content (AvgIpc) is 3.42. The summed E-state index contributed by atoms with van der Waals surface area (Å²) in [5, 5.41) is 19.3. The van der Waals surface area contributed by atoms with Crippen LogP contribution in [0.2, 0.25) is 5.02 Å². The van der Waals surface area contributed by atoms with E-state index in [4.69, 9.17) is 20.9 Å². The minimum Gasteiger partial charge on any atom is -0.481 e. The van der Waals surface area contributed by atoms with Crippen LogP contribution in [0.4, 0.5) is 16.2 Å². The van der Waals surface area contributed by atoms with E-state index in [1.165, 1.54) is 0 Å². The molecule has 9 nitrogen and oxygen atoms in total. The van der Waals surface area contributed by atoms with Gasteiger partial charge < -0.3 is 25.0 Å². The molecule has 3 N–H and O–H groups in total. The summed E-state index contributed by atoms with van der Waals surface area (Å²) in [5.74, 6) is 1.03. The van der Waals surface area contributed by atoms with Crippen LogP contribution in [-0.4, -0.2) is 27.2 Å². The van der Waals surface area contributed by atoms with Crippen molar-refractivity contribution in [1.82, 2.24) is 10.1 Å². The van der Waals surface area contributed by atoms with Crippen molar-refractivity contribution in [2.24, 2.45) is 5.92 Å². The van der Waals surface area contributed by atoms with Gasteiger partial charge in [-0.2, -0.15) is 4.98 Å². The second-order valence-electron chi connectivity index (χ2n) is 9.06. The topological polar surface area (TPSA) is 127 Å². The standard InChI is InChI=1S/C28H25ClN4O5/c29-20-12-15-23(24(16-20)37-22-4-2-1-3-5-22)31-28(36)30-21-13-10-17(11-14-21)25-32-26(38-33-25)18-6-8-19(9-7-18)27(34)35/h1-5,10-16,18-19H,6-9H2,(H,34,35)(H2,30,31,36). The third-order valence-corrected chi connectivity index (χ3v) is 6.67. The Balaban J connectivity index is 1.20. The van der Waals surface area contributed by atoms with Crippen LogP contribution in [0, 0.1) is 5.92 Å². The van der Waals surface area contributed by atoms with Crippen molar-refractivity contribution < 1.29 is 24.0 Å². The molecule has 4 aromatic rings. The van der Waals surface area contributed by atoms with Crippen molar-refractivity contribution in [3.63, 3.8) is 0 Å². The zero-order valence-corrected chi connectivity index (χ0v) is 21.0. The number of aromatic nitrogens is 2. The number of ether oxygens (including phenoxy) is 1. The van der Waals surface area contributed by atoms with Gasteiger partial charge in [-0.3, -0.25) is 4.79 Å². The number of aliphatic carboxylic acids is 1. The monoisotopic (exact) mass is 532 g/mol. The summed E-state index contributed by atoms with van der Waals surface area (Å²) in [6.07, 6.45) is 2.64. The minimum atomic E-state index is -0.744. The SMILES string of the molecule is O=C(Nc1ccc(-c2noc(C3CCC(C(=O)O)CC3)n2)cc1)Nc1ccc(Cl)cc1Oc1ccccc1. The maximum atomic E-state index is 12.7. The predicted octanol–water partition coefficient (Wildman–Crippen LogP) is 7.18. The first kappa shape index (κ1) is 25.3. The number of carbonyl (C=O) groups is 2. The molecule has 0 saturated heterocycles. The fourth-order valence-electron chi connectivity index (χ4n) is 4.39. The number of para-hydroxylation sites is 1. The number of hydrogen-bond donors (Lipinski definition) is 3. The highest BCUT2D eigenvalue weighted by atomic mass is 35.5. The van der Waals surface area contributed by atoms with Crippen LogP contribution in [0.5, 0.6) is 11.5 Å². The molecule has 0 atom stereocenters. The molecule has 0 spiro atoms. The Hall–Kier alpha value is -4.37. The van der Waals surface area contributed by atoms with Gasteiger partial charge in [-0.15, -0.1) is 0 Å². The van der Waals surface area contributed by atoms with Crippen molar-refractivity contribution in [2.45, 2.75) is 31.6 Å². The van der Waals surface area contributed by atoms with E-state index in [2.05, 4.69) is 20.8 Å². The van der Waals surface area contributed by atoms with Gasteiger partial charge in [-0.25, -0.2) is 4.79 Å². The number of nitrogens with one attached hydrogen (secondary N) is 2. The molecule has 0 bridgehead atoms. The number of hydrogen-bond acceptors (Lipinski definition) is 6. The highest BCUT2D eigenvalue weighted by Crippen LogP contribution is 2.36. The lowest BCUT2D eigenvalue weighted by atomic mass is 9.82. The molecule has 38 heavy (non-hydrogen) atoms. The van der Waals surface area contributed by atoms with E-state index >= 15 is 0 Å². The number of amides is 2. The summed E-state index contributed by atoms with van der Waals surface area (Å²) in [4.78, 5) is 28.4. The number of carboxylic acid groups (broad SMARTS) is 1. The van der Waals surface area contributed by atoms with Crippen LogP contribution in [0.3, 0.4) is 0 Å². The molecule has 0 unspecified atom stereocenters. The summed E-state index contributed by atoms with van der Waals surface area (Å²) < 4.78 is 11.4. The lowest BCUT2D eigenvalue weighted by Gasteiger charge is -2.23. The maximum Gasteiger partial charge on any atom is 0.323 e. The lowest BCUT2D eigenvalue weighted by Crippen LogP contribution is -2.20. The number of rotatable bonds is 7. The first-order valence-corrected chi connectivity index (χ1v) is 12.6. The summed E-state index contributed by atoms with van der Waals surface area (Å²) in [7, 11) is 0. The van der Waals surface area contributed by atoms with E-state index in [-0.39, 0.29) is 11.8 Å². The Morgan fingerprint density at radius 1 is 0.947 bits per heavy atom. The van der Waals surface area contributed by atoms with Crippen LogP contribution in [0.1, 0.15) is 37.5 Å². The largest absolute Gasteiger partial charge is 0.481 e. The molecule has 5 rings (SSSR count). The summed E-state index contributed by atoms with van der Waals surface area (Å²) >= 11 is 6.13. The van der Waals surface area contributed by atoms with E-state index in [0.717, 1.165) is 5.56 Å². The second-order valence-corrected chi connectivity index (χ2v) is 9.49. The Labute approximate surface area is 223 Å². The highest BCUT2D eigenvalue weighted by molar-refractivity contribution is 6.30. The molecule has 194 valence electrons. The third-order valence-electron chi connectivity index (χ3n) is 6.43. The number of anilines is 2. The number of carboxylic acids is 1. The van der Waals surface area contributed by atoms with Gasteiger partial charge in [0.1, 0.15) is 5.75 Å². The zero-order chi connectivity index (χ0) is 26.5. The Morgan fingerprint density at radius 3 is 2.39 bits per heavy atom. The molecule has 1 saturated carbocycles. The lowest BCUT2D eigenvalue weighted by molar-refractivity contribution is -0.142. The van der Waals surface area contributed by atoms with E-state index < -0.39 is 12.0 Å². The van der Waals surface area contributed by atoms with E-state index in [1.54, 1.807) is 42.5 Å². The van der Waals surface area contributed by atoms with Gasteiger partial charge >= 0.3 is 12.0 Å². The summed E-state index contributed by atoms with van der Waals surface area (Å²) in [6.45, 7) is 0. The van der Waals surface area contributed by atoms with Crippen LogP contribution < -0.4 is 15.4 Å². The molecular weight excluding hydrogens is 508 g/mol. The molecule has 0 radical (unpaired) electrons. The van der Waals surface area contributed by atoms with Gasteiger partial charge in [0.15, 0.2) is 5.75 Å². The van der Waals surface area contributed by atoms with Crippen molar-refractivity contribution in [2.75, 3.05) is 10.6 Å². The molecule has 10 heteroatoms. The smallest absolute Gasteiger partial charge is 0.323 e. The fraction of sp³-hybridized carbons (Fsp3) is 0.214. The predicted molar refractivity (Wildman–Crippen MR) is 143 cm³/mol. The normalized spacial score (nSPS) is 17.0. The number of halogens is 1. The molecule has 1 heterocycles. The Bertz CT molecular complexity index is 1420. The summed E-state index contributed by atoms with van der Waals surface area (Å²) in [6, 6.07) is 20.8. The summed E-state index contributed by atoms with van der Waals surface area (Å²) in [5.41, 5.74) is 1.77. The first-order chi connectivity index (χ1) is 18.4. The molecule has 3 aromatic carbocycles. The van der Waals surface area contributed by atoms with Crippen LogP contribution >= 0.6 is 11.6 Å². The Morgan fingerprint density at radius 2 is 1.68 bits per heavy atom. The third kappa shape index (κ3) is 6.12. The van der Waals surface area contributed by atoms with Gasteiger partial charge in [-0.1, -0.05) is 35.0 Å². The first-order valence-electron chi connectivity index (χ1n) is 12.2. The van der Waals surface area contributed by atoms with E-state index in [9.17, 15) is 14.7 Å². The van der Waals surface area contributed by atoms with Gasteiger partial charge in [0.25, 0.3) is 0 Å². The molecular formula is C28H25ClN4O5. The van der Waals surface area contributed by atoms with Crippen molar-refractivity contribution in [3.8, 4) is 22.9 Å². The van der Waals surface area contributed by atoms with Crippen LogP contribution in [0.15, 0.2) is 77.3 Å². The maximum absolute atomic E-state index is 12.7. The van der Waals surface area contributed by atoms with Crippen molar-refractivity contribution in [3.05, 3.63) is 83.7 Å². The van der Waals surface area contributed by atoms with E-state index in [0.29, 0.717) is 65.3 Å². The Kier molecular flexibility index (Phi) is 7.55. The number of benzene rings is 3. The van der Waals surface area contributed by atoms with Gasteiger partial charge in [0.05, 0.1) is 11.6 Å². The number of carbonyl (C=O) groups excluding carboxylic acids is 1. The van der Waals surface area contributed by atoms with Gasteiger partial charge in [0, 0.05) is 28.3 Å². The minimum absolute atomic E-state index is 0.0696. The van der Waals surface area contributed by atoms with Gasteiger partial charge in [0.2, 0.25) is 11.7 Å². The molecule has 2 amide bonds. The average molecular weight is 533 g/mol. The molecule has 1 aliphatic carbocycles. The quantitative estimate of drug-likeness (QED) is 0.230. The zero-order valence-electron chi connectivity index (χ0n) is 20.3. The van der Waals surface area contributed by atoms with Crippen molar-refractivity contribution in [1.29, 1.82) is 0 Å².